The van der Waals surface area contributed by atoms with Crippen LogP contribution in [-0.2, 0) is 4.74 Å². The summed E-state index contributed by atoms with van der Waals surface area (Å²) in [6.07, 6.45) is 3.74. The lowest BCUT2D eigenvalue weighted by Crippen LogP contribution is -2.25. The van der Waals surface area contributed by atoms with Gasteiger partial charge in [-0.05, 0) is 58.2 Å². The van der Waals surface area contributed by atoms with E-state index in [1.54, 1.807) is 0 Å². The Morgan fingerprint density at radius 1 is 1.18 bits per heavy atom. The molecule has 0 amide bonds. The number of nitrogens with zero attached hydrogens (tertiary/aromatic N) is 1. The standard InChI is InChI=1S/C14H32N2O/c1-5-17-12-11-16(4)10-6-7-14(8-9-15)13(2)3/h13-14H,5-12,15H2,1-4H3. The first-order chi connectivity index (χ1) is 8.11. The molecule has 0 saturated heterocycles. The second-order valence-corrected chi connectivity index (χ2v) is 5.22. The fraction of sp³-hybridized carbons (Fsp3) is 1.00. The van der Waals surface area contributed by atoms with E-state index in [1.165, 1.54) is 25.8 Å². The molecule has 3 heteroatoms. The van der Waals surface area contributed by atoms with E-state index in [2.05, 4.69) is 25.8 Å². The van der Waals surface area contributed by atoms with Crippen molar-refractivity contribution in [3.8, 4) is 0 Å². The molecule has 0 rings (SSSR count). The number of hydrogen-bond acceptors (Lipinski definition) is 3. The predicted molar refractivity (Wildman–Crippen MR) is 75.2 cm³/mol. The summed E-state index contributed by atoms with van der Waals surface area (Å²) in [5.74, 6) is 1.55. The van der Waals surface area contributed by atoms with E-state index in [-0.39, 0.29) is 0 Å². The van der Waals surface area contributed by atoms with Crippen LogP contribution >= 0.6 is 0 Å². The van der Waals surface area contributed by atoms with Crippen LogP contribution in [0.3, 0.4) is 0 Å². The number of rotatable bonds is 11. The van der Waals surface area contributed by atoms with Gasteiger partial charge in [-0.3, -0.25) is 0 Å². The molecule has 0 heterocycles. The van der Waals surface area contributed by atoms with Crippen LogP contribution in [0.25, 0.3) is 0 Å². The number of hydrogen-bond donors (Lipinski definition) is 1. The van der Waals surface area contributed by atoms with Crippen molar-refractivity contribution in [3.05, 3.63) is 0 Å². The Balaban J connectivity index is 3.58. The maximum Gasteiger partial charge on any atom is 0.0593 e. The van der Waals surface area contributed by atoms with Gasteiger partial charge in [0.1, 0.15) is 0 Å². The van der Waals surface area contributed by atoms with Crippen molar-refractivity contribution in [1.29, 1.82) is 0 Å². The first kappa shape index (κ1) is 16.9. The summed E-state index contributed by atoms with van der Waals surface area (Å²) in [7, 11) is 2.17. The highest BCUT2D eigenvalue weighted by molar-refractivity contribution is 4.65. The van der Waals surface area contributed by atoms with Crippen LogP contribution in [0.5, 0.6) is 0 Å². The SMILES string of the molecule is CCOCCN(C)CCCC(CCN)C(C)C. The minimum Gasteiger partial charge on any atom is -0.380 e. The van der Waals surface area contributed by atoms with Gasteiger partial charge in [0, 0.05) is 13.2 Å². The number of likely N-dealkylation sites (N-methyl/N-ethyl adjacent to an activating group) is 1. The van der Waals surface area contributed by atoms with Gasteiger partial charge in [-0.15, -0.1) is 0 Å². The van der Waals surface area contributed by atoms with Crippen LogP contribution in [0.15, 0.2) is 0 Å². The summed E-state index contributed by atoms with van der Waals surface area (Å²) in [5.41, 5.74) is 5.65. The predicted octanol–water partition coefficient (Wildman–Crippen LogP) is 2.36. The summed E-state index contributed by atoms with van der Waals surface area (Å²) in [5, 5.41) is 0. The monoisotopic (exact) mass is 244 g/mol. The van der Waals surface area contributed by atoms with Gasteiger partial charge in [0.25, 0.3) is 0 Å². The molecule has 0 saturated carbocycles. The minimum absolute atomic E-state index is 0.757. The second kappa shape index (κ2) is 11.0. The fourth-order valence-electron chi connectivity index (χ4n) is 2.13. The zero-order chi connectivity index (χ0) is 13.1. The highest BCUT2D eigenvalue weighted by atomic mass is 16.5. The molecule has 104 valence electrons. The second-order valence-electron chi connectivity index (χ2n) is 5.22. The Kier molecular flexibility index (Phi) is 10.9. The van der Waals surface area contributed by atoms with Crippen LogP contribution in [0, 0.1) is 11.8 Å². The van der Waals surface area contributed by atoms with E-state index in [0.717, 1.165) is 38.1 Å². The summed E-state index contributed by atoms with van der Waals surface area (Å²) < 4.78 is 5.35. The molecule has 3 nitrogen and oxygen atoms in total. The smallest absolute Gasteiger partial charge is 0.0593 e. The summed E-state index contributed by atoms with van der Waals surface area (Å²) in [4.78, 5) is 2.36. The molecule has 0 aromatic rings. The van der Waals surface area contributed by atoms with Gasteiger partial charge in [-0.2, -0.15) is 0 Å². The van der Waals surface area contributed by atoms with E-state index in [0.29, 0.717) is 0 Å². The third-order valence-electron chi connectivity index (χ3n) is 3.42. The molecule has 0 fully saturated rings. The third-order valence-corrected chi connectivity index (χ3v) is 3.42. The Morgan fingerprint density at radius 2 is 1.88 bits per heavy atom. The molecule has 0 radical (unpaired) electrons. The van der Waals surface area contributed by atoms with E-state index in [1.807, 2.05) is 6.92 Å². The lowest BCUT2D eigenvalue weighted by molar-refractivity contribution is 0.121. The molecule has 0 spiro atoms. The topological polar surface area (TPSA) is 38.5 Å². The summed E-state index contributed by atoms with van der Waals surface area (Å²) in [6.45, 7) is 11.3. The molecule has 17 heavy (non-hydrogen) atoms. The van der Waals surface area contributed by atoms with Crippen LogP contribution in [0.4, 0.5) is 0 Å². The van der Waals surface area contributed by atoms with Crippen molar-refractivity contribution >= 4 is 0 Å². The van der Waals surface area contributed by atoms with Gasteiger partial charge in [0.2, 0.25) is 0 Å². The molecular weight excluding hydrogens is 212 g/mol. The molecule has 0 aliphatic carbocycles. The summed E-state index contributed by atoms with van der Waals surface area (Å²) in [6, 6.07) is 0. The van der Waals surface area contributed by atoms with Crippen LogP contribution in [-0.4, -0.2) is 44.8 Å². The molecule has 0 aromatic heterocycles. The summed E-state index contributed by atoms with van der Waals surface area (Å²) >= 11 is 0. The Bertz CT molecular complexity index is 162. The van der Waals surface area contributed by atoms with Gasteiger partial charge in [-0.25, -0.2) is 0 Å². The molecule has 0 aliphatic rings. The highest BCUT2D eigenvalue weighted by Gasteiger charge is 2.12. The molecule has 0 bridgehead atoms. The number of nitrogens with two attached hydrogens (primary N) is 1. The Hall–Kier alpha value is -0.120. The maximum absolute atomic E-state index is 5.65. The maximum atomic E-state index is 5.65. The quantitative estimate of drug-likeness (QED) is 0.567. The van der Waals surface area contributed by atoms with Crippen molar-refractivity contribution < 1.29 is 4.74 Å². The molecule has 1 atom stereocenters. The highest BCUT2D eigenvalue weighted by Crippen LogP contribution is 2.20. The molecule has 1 unspecified atom stereocenters. The average molecular weight is 244 g/mol. The van der Waals surface area contributed by atoms with Gasteiger partial charge >= 0.3 is 0 Å². The largest absolute Gasteiger partial charge is 0.380 e. The van der Waals surface area contributed by atoms with E-state index in [4.69, 9.17) is 10.5 Å². The van der Waals surface area contributed by atoms with Crippen molar-refractivity contribution in [3.63, 3.8) is 0 Å². The van der Waals surface area contributed by atoms with E-state index >= 15 is 0 Å². The van der Waals surface area contributed by atoms with Crippen LogP contribution in [0.2, 0.25) is 0 Å². The van der Waals surface area contributed by atoms with Crippen LogP contribution < -0.4 is 5.73 Å². The van der Waals surface area contributed by atoms with Crippen molar-refractivity contribution in [2.45, 2.75) is 40.0 Å². The molecule has 0 aliphatic heterocycles. The van der Waals surface area contributed by atoms with Crippen LogP contribution in [0.1, 0.15) is 40.0 Å². The first-order valence-electron chi connectivity index (χ1n) is 7.08. The minimum atomic E-state index is 0.757. The fourth-order valence-corrected chi connectivity index (χ4v) is 2.13. The molecule has 0 aromatic carbocycles. The van der Waals surface area contributed by atoms with Gasteiger partial charge < -0.3 is 15.4 Å². The number of ether oxygens (including phenoxy) is 1. The molecular formula is C14H32N2O. The zero-order valence-corrected chi connectivity index (χ0v) is 12.2. The van der Waals surface area contributed by atoms with E-state index < -0.39 is 0 Å². The van der Waals surface area contributed by atoms with Crippen molar-refractivity contribution in [2.24, 2.45) is 17.6 Å². The molecule has 2 N–H and O–H groups in total. The normalized spacial score (nSPS) is 13.6. The Morgan fingerprint density at radius 3 is 2.41 bits per heavy atom. The average Bonchev–Trinajstić information content (AvgIpc) is 2.28. The lowest BCUT2D eigenvalue weighted by atomic mass is 9.88. The Labute approximate surface area is 108 Å². The van der Waals surface area contributed by atoms with Gasteiger partial charge in [-0.1, -0.05) is 13.8 Å². The van der Waals surface area contributed by atoms with Gasteiger partial charge in [0.15, 0.2) is 0 Å². The first-order valence-corrected chi connectivity index (χ1v) is 7.08. The van der Waals surface area contributed by atoms with E-state index in [9.17, 15) is 0 Å². The van der Waals surface area contributed by atoms with Gasteiger partial charge in [0.05, 0.1) is 6.61 Å². The lowest BCUT2D eigenvalue weighted by Gasteiger charge is -2.22. The van der Waals surface area contributed by atoms with Crippen molar-refractivity contribution in [1.82, 2.24) is 4.90 Å². The third kappa shape index (κ3) is 9.57. The zero-order valence-electron chi connectivity index (χ0n) is 12.2. The van der Waals surface area contributed by atoms with Crippen molar-refractivity contribution in [2.75, 3.05) is 39.9 Å².